The predicted molar refractivity (Wildman–Crippen MR) is 71.6 cm³/mol. The summed E-state index contributed by atoms with van der Waals surface area (Å²) in [4.78, 5) is 27.2. The molecule has 0 radical (unpaired) electrons. The maximum Gasteiger partial charge on any atom is 0.311 e. The molecule has 1 aromatic rings. The van der Waals surface area contributed by atoms with Crippen molar-refractivity contribution in [3.8, 4) is 0 Å². The molecule has 0 amide bonds. The van der Waals surface area contributed by atoms with E-state index in [0.29, 0.717) is 12.3 Å². The zero-order chi connectivity index (χ0) is 13.8. The van der Waals surface area contributed by atoms with Gasteiger partial charge in [-0.05, 0) is 6.07 Å². The minimum absolute atomic E-state index is 0.0409. The smallest absolute Gasteiger partial charge is 0.311 e. The van der Waals surface area contributed by atoms with Crippen molar-refractivity contribution in [2.75, 3.05) is 23.0 Å². The zero-order valence-corrected chi connectivity index (χ0v) is 10.9. The molecule has 7 nitrogen and oxygen atoms in total. The van der Waals surface area contributed by atoms with Crippen molar-refractivity contribution in [2.24, 2.45) is 0 Å². The number of aliphatic carboxylic acids is 1. The summed E-state index contributed by atoms with van der Waals surface area (Å²) in [7, 11) is 0. The van der Waals surface area contributed by atoms with Crippen LogP contribution >= 0.6 is 11.8 Å². The lowest BCUT2D eigenvalue weighted by Crippen LogP contribution is -2.44. The first-order valence-electron chi connectivity index (χ1n) is 5.75. The fourth-order valence-electron chi connectivity index (χ4n) is 2.06. The summed E-state index contributed by atoms with van der Waals surface area (Å²) in [5.74, 6) is 0.805. The summed E-state index contributed by atoms with van der Waals surface area (Å²) in [6.45, 7) is 0.570. The van der Waals surface area contributed by atoms with E-state index in [9.17, 15) is 14.9 Å². The molecule has 0 aromatic carbocycles. The SMILES string of the molecule is O=C(O)CC1CSCCN1c1ncccc1[N+](=O)[O-]. The Morgan fingerprint density at radius 3 is 3.16 bits per heavy atom. The van der Waals surface area contributed by atoms with Gasteiger partial charge < -0.3 is 10.0 Å². The Hall–Kier alpha value is -1.83. The van der Waals surface area contributed by atoms with E-state index in [1.807, 2.05) is 0 Å². The number of hydrogen-bond donors (Lipinski definition) is 1. The number of hydrogen-bond acceptors (Lipinski definition) is 6. The standard InChI is InChI=1S/C11H13N3O4S/c15-10(16)6-8-7-19-5-4-13(8)11-9(14(17)18)2-1-3-12-11/h1-3,8H,4-7H2,(H,15,16). The monoisotopic (exact) mass is 283 g/mol. The van der Waals surface area contributed by atoms with E-state index in [0.717, 1.165) is 5.75 Å². The molecule has 1 aromatic heterocycles. The molecule has 1 aliphatic heterocycles. The van der Waals surface area contributed by atoms with Gasteiger partial charge in [0, 0.05) is 30.3 Å². The van der Waals surface area contributed by atoms with Gasteiger partial charge in [0.15, 0.2) is 0 Å². The number of rotatable bonds is 4. The quantitative estimate of drug-likeness (QED) is 0.658. The first-order valence-corrected chi connectivity index (χ1v) is 6.90. The van der Waals surface area contributed by atoms with E-state index in [-0.39, 0.29) is 24.0 Å². The lowest BCUT2D eigenvalue weighted by Gasteiger charge is -2.35. The predicted octanol–water partition coefficient (Wildman–Crippen LogP) is 1.39. The summed E-state index contributed by atoms with van der Waals surface area (Å²) >= 11 is 1.66. The van der Waals surface area contributed by atoms with Gasteiger partial charge in [0.1, 0.15) is 0 Å². The van der Waals surface area contributed by atoms with E-state index < -0.39 is 10.9 Å². The van der Waals surface area contributed by atoms with Crippen molar-refractivity contribution >= 4 is 29.2 Å². The number of carboxylic acid groups (broad SMARTS) is 1. The Balaban J connectivity index is 2.32. The van der Waals surface area contributed by atoms with Gasteiger partial charge in [0.05, 0.1) is 17.4 Å². The van der Waals surface area contributed by atoms with Crippen LogP contribution in [0.25, 0.3) is 0 Å². The second-order valence-corrected chi connectivity index (χ2v) is 5.27. The first kappa shape index (κ1) is 13.6. The van der Waals surface area contributed by atoms with Gasteiger partial charge in [0.2, 0.25) is 5.82 Å². The number of pyridine rings is 1. The molecule has 2 rings (SSSR count). The van der Waals surface area contributed by atoms with Crippen LogP contribution in [0.5, 0.6) is 0 Å². The fourth-order valence-corrected chi connectivity index (χ4v) is 3.12. The van der Waals surface area contributed by atoms with Crippen LogP contribution in [0.3, 0.4) is 0 Å². The maximum atomic E-state index is 11.0. The molecule has 0 spiro atoms. The third kappa shape index (κ3) is 3.14. The average Bonchev–Trinajstić information content (AvgIpc) is 2.38. The first-order chi connectivity index (χ1) is 9.09. The normalized spacial score (nSPS) is 19.2. The summed E-state index contributed by atoms with van der Waals surface area (Å²) in [5, 5.41) is 19.9. The summed E-state index contributed by atoms with van der Waals surface area (Å²) < 4.78 is 0. The van der Waals surface area contributed by atoms with E-state index in [2.05, 4.69) is 4.98 Å². The second kappa shape index (κ2) is 5.87. The molecular weight excluding hydrogens is 270 g/mol. The Labute approximate surface area is 113 Å². The highest BCUT2D eigenvalue weighted by molar-refractivity contribution is 7.99. The minimum Gasteiger partial charge on any atom is -0.481 e. The Kier molecular flexibility index (Phi) is 4.20. The molecule has 1 fully saturated rings. The maximum absolute atomic E-state index is 11.0. The molecule has 1 aliphatic rings. The fraction of sp³-hybridized carbons (Fsp3) is 0.455. The number of thioether (sulfide) groups is 1. The van der Waals surface area contributed by atoms with E-state index in [4.69, 9.17) is 5.11 Å². The lowest BCUT2D eigenvalue weighted by atomic mass is 10.2. The molecule has 1 N–H and O–H groups in total. The molecule has 102 valence electrons. The van der Waals surface area contributed by atoms with Crippen LogP contribution in [0, 0.1) is 10.1 Å². The Morgan fingerprint density at radius 1 is 1.68 bits per heavy atom. The van der Waals surface area contributed by atoms with Crippen molar-refractivity contribution in [1.29, 1.82) is 0 Å². The van der Waals surface area contributed by atoms with Crippen molar-refractivity contribution in [1.82, 2.24) is 4.98 Å². The minimum atomic E-state index is -0.906. The highest BCUT2D eigenvalue weighted by Crippen LogP contribution is 2.30. The van der Waals surface area contributed by atoms with Crippen LogP contribution in [0.2, 0.25) is 0 Å². The number of aromatic nitrogens is 1. The van der Waals surface area contributed by atoms with Gasteiger partial charge in [-0.3, -0.25) is 14.9 Å². The molecule has 1 atom stereocenters. The number of anilines is 1. The molecule has 2 heterocycles. The van der Waals surface area contributed by atoms with Crippen LogP contribution in [0.4, 0.5) is 11.5 Å². The van der Waals surface area contributed by atoms with Crippen LogP contribution < -0.4 is 4.90 Å². The van der Waals surface area contributed by atoms with Gasteiger partial charge in [-0.2, -0.15) is 11.8 Å². The molecule has 1 unspecified atom stereocenters. The number of carboxylic acids is 1. The average molecular weight is 283 g/mol. The summed E-state index contributed by atoms with van der Waals surface area (Å²) in [5.41, 5.74) is -0.0789. The summed E-state index contributed by atoms with van der Waals surface area (Å²) in [6.07, 6.45) is 1.45. The largest absolute Gasteiger partial charge is 0.481 e. The highest BCUT2D eigenvalue weighted by Gasteiger charge is 2.30. The van der Waals surface area contributed by atoms with Crippen molar-refractivity contribution in [3.63, 3.8) is 0 Å². The number of carbonyl (C=O) groups is 1. The van der Waals surface area contributed by atoms with Crippen LogP contribution in [0.15, 0.2) is 18.3 Å². The van der Waals surface area contributed by atoms with Crippen LogP contribution in [-0.4, -0.2) is 45.1 Å². The molecule has 0 bridgehead atoms. The Bertz CT molecular complexity index is 497. The van der Waals surface area contributed by atoms with Gasteiger partial charge >= 0.3 is 11.7 Å². The van der Waals surface area contributed by atoms with Gasteiger partial charge in [0.25, 0.3) is 0 Å². The van der Waals surface area contributed by atoms with Crippen molar-refractivity contribution in [2.45, 2.75) is 12.5 Å². The number of nitro groups is 1. The molecule has 19 heavy (non-hydrogen) atoms. The number of nitrogens with zero attached hydrogens (tertiary/aromatic N) is 3. The zero-order valence-electron chi connectivity index (χ0n) is 10.1. The van der Waals surface area contributed by atoms with E-state index in [1.54, 1.807) is 16.7 Å². The van der Waals surface area contributed by atoms with Crippen LogP contribution in [-0.2, 0) is 4.79 Å². The van der Waals surface area contributed by atoms with Gasteiger partial charge in [-0.15, -0.1) is 0 Å². The van der Waals surface area contributed by atoms with Crippen molar-refractivity contribution < 1.29 is 14.8 Å². The lowest BCUT2D eigenvalue weighted by molar-refractivity contribution is -0.384. The molecule has 0 saturated carbocycles. The molecule has 1 saturated heterocycles. The highest BCUT2D eigenvalue weighted by atomic mass is 32.2. The van der Waals surface area contributed by atoms with E-state index in [1.165, 1.54) is 18.3 Å². The molecular formula is C11H13N3O4S. The Morgan fingerprint density at radius 2 is 2.47 bits per heavy atom. The second-order valence-electron chi connectivity index (χ2n) is 4.12. The molecule has 8 heteroatoms. The molecule has 0 aliphatic carbocycles. The third-order valence-electron chi connectivity index (χ3n) is 2.87. The van der Waals surface area contributed by atoms with Crippen LogP contribution in [0.1, 0.15) is 6.42 Å². The van der Waals surface area contributed by atoms with Gasteiger partial charge in [-0.25, -0.2) is 4.98 Å². The van der Waals surface area contributed by atoms with Gasteiger partial charge in [-0.1, -0.05) is 0 Å². The topological polar surface area (TPSA) is 96.6 Å². The summed E-state index contributed by atoms with van der Waals surface area (Å²) in [6, 6.07) is 2.64. The van der Waals surface area contributed by atoms with E-state index >= 15 is 0 Å². The third-order valence-corrected chi connectivity index (χ3v) is 3.96. The van der Waals surface area contributed by atoms with Crippen molar-refractivity contribution in [3.05, 3.63) is 28.4 Å².